The van der Waals surface area contributed by atoms with Crippen molar-refractivity contribution in [1.29, 1.82) is 0 Å². The second-order valence-corrected chi connectivity index (χ2v) is 4.79. The molecule has 0 heterocycles. The molecular formula is C13H21NO3. The lowest BCUT2D eigenvalue weighted by molar-refractivity contribution is -0.148. The number of carbonyl (C=O) groups excluding carboxylic acids is 1. The molecule has 0 spiro atoms. The summed E-state index contributed by atoms with van der Waals surface area (Å²) in [6.45, 7) is 8.71. The van der Waals surface area contributed by atoms with Gasteiger partial charge in [0.1, 0.15) is 0 Å². The zero-order chi connectivity index (χ0) is 13.0. The van der Waals surface area contributed by atoms with Crippen LogP contribution in [-0.4, -0.2) is 35.0 Å². The van der Waals surface area contributed by atoms with E-state index in [0.29, 0.717) is 25.9 Å². The number of likely N-dealkylation sites (N-methyl/N-ethyl adjacent to an activating group) is 1. The number of carboxylic acid groups (broad SMARTS) is 1. The van der Waals surface area contributed by atoms with Crippen molar-refractivity contribution in [2.75, 3.05) is 13.1 Å². The van der Waals surface area contributed by atoms with Gasteiger partial charge in [-0.2, -0.15) is 0 Å². The number of hydrogen-bond acceptors (Lipinski definition) is 2. The van der Waals surface area contributed by atoms with Crippen LogP contribution in [0.3, 0.4) is 0 Å². The largest absolute Gasteiger partial charge is 0.481 e. The van der Waals surface area contributed by atoms with E-state index < -0.39 is 11.9 Å². The molecule has 1 fully saturated rings. The topological polar surface area (TPSA) is 57.6 Å². The van der Waals surface area contributed by atoms with Crippen LogP contribution in [-0.2, 0) is 9.59 Å². The minimum Gasteiger partial charge on any atom is -0.481 e. The summed E-state index contributed by atoms with van der Waals surface area (Å²) in [5.41, 5.74) is 0.921. The quantitative estimate of drug-likeness (QED) is 0.746. The van der Waals surface area contributed by atoms with Gasteiger partial charge in [0.15, 0.2) is 0 Å². The Morgan fingerprint density at radius 1 is 1.35 bits per heavy atom. The van der Waals surface area contributed by atoms with Gasteiger partial charge in [-0.15, -0.1) is 0 Å². The molecule has 1 aliphatic rings. The molecule has 4 heteroatoms. The highest BCUT2D eigenvalue weighted by Crippen LogP contribution is 2.33. The molecule has 1 saturated carbocycles. The first-order chi connectivity index (χ1) is 7.97. The fourth-order valence-electron chi connectivity index (χ4n) is 2.46. The van der Waals surface area contributed by atoms with E-state index in [1.165, 1.54) is 0 Å². The van der Waals surface area contributed by atoms with Crippen molar-refractivity contribution in [3.8, 4) is 0 Å². The predicted molar refractivity (Wildman–Crippen MR) is 65.5 cm³/mol. The summed E-state index contributed by atoms with van der Waals surface area (Å²) in [5, 5.41) is 9.08. The first kappa shape index (κ1) is 13.7. The maximum Gasteiger partial charge on any atom is 0.307 e. The lowest BCUT2D eigenvalue weighted by Crippen LogP contribution is -2.39. The molecular weight excluding hydrogens is 218 g/mol. The van der Waals surface area contributed by atoms with Gasteiger partial charge < -0.3 is 10.0 Å². The highest BCUT2D eigenvalue weighted by molar-refractivity contribution is 5.85. The molecule has 1 amide bonds. The van der Waals surface area contributed by atoms with Crippen molar-refractivity contribution >= 4 is 11.9 Å². The molecule has 0 aromatic heterocycles. The molecule has 1 rings (SSSR count). The Labute approximate surface area is 102 Å². The fourth-order valence-corrected chi connectivity index (χ4v) is 2.46. The van der Waals surface area contributed by atoms with Crippen LogP contribution in [0.5, 0.6) is 0 Å². The second-order valence-electron chi connectivity index (χ2n) is 4.79. The Morgan fingerprint density at radius 2 is 1.94 bits per heavy atom. The fraction of sp³-hybridized carbons (Fsp3) is 0.692. The van der Waals surface area contributed by atoms with Crippen LogP contribution in [0, 0.1) is 11.8 Å². The van der Waals surface area contributed by atoms with Crippen LogP contribution < -0.4 is 0 Å². The molecule has 0 aromatic carbocycles. The van der Waals surface area contributed by atoms with Crippen molar-refractivity contribution in [2.45, 2.75) is 33.1 Å². The van der Waals surface area contributed by atoms with Crippen molar-refractivity contribution in [3.05, 3.63) is 12.2 Å². The van der Waals surface area contributed by atoms with Crippen molar-refractivity contribution < 1.29 is 14.7 Å². The normalized spacial score (nSPS) is 23.4. The lowest BCUT2D eigenvalue weighted by atomic mass is 9.94. The first-order valence-electron chi connectivity index (χ1n) is 6.13. The number of carboxylic acids is 1. The van der Waals surface area contributed by atoms with Crippen LogP contribution in [0.1, 0.15) is 33.1 Å². The van der Waals surface area contributed by atoms with Gasteiger partial charge in [-0.3, -0.25) is 9.59 Å². The average Bonchev–Trinajstić information content (AvgIpc) is 2.73. The van der Waals surface area contributed by atoms with Crippen LogP contribution >= 0.6 is 0 Å². The molecule has 0 aromatic rings. The molecule has 1 aliphatic carbocycles. The standard InChI is InChI=1S/C13H21NO3/c1-4-14(8-9(2)3)12(15)10-6-5-7-11(10)13(16)17/h10-11H,2,4-8H2,1,3H3,(H,16,17)/t10-,11+/m1/s1. The summed E-state index contributed by atoms with van der Waals surface area (Å²) in [7, 11) is 0. The van der Waals surface area contributed by atoms with Crippen molar-refractivity contribution in [1.82, 2.24) is 4.90 Å². The van der Waals surface area contributed by atoms with Gasteiger partial charge in [0, 0.05) is 13.1 Å². The van der Waals surface area contributed by atoms with Gasteiger partial charge in [0.05, 0.1) is 11.8 Å². The Morgan fingerprint density at radius 3 is 2.41 bits per heavy atom. The van der Waals surface area contributed by atoms with Crippen molar-refractivity contribution in [2.24, 2.45) is 11.8 Å². The molecule has 2 atom stereocenters. The van der Waals surface area contributed by atoms with Crippen LogP contribution in [0.2, 0.25) is 0 Å². The van der Waals surface area contributed by atoms with E-state index in [1.807, 2.05) is 13.8 Å². The van der Waals surface area contributed by atoms with Crippen molar-refractivity contribution in [3.63, 3.8) is 0 Å². The molecule has 0 unspecified atom stereocenters. The first-order valence-corrected chi connectivity index (χ1v) is 6.13. The Kier molecular flexibility index (Phi) is 4.73. The van der Waals surface area contributed by atoms with Gasteiger partial charge >= 0.3 is 5.97 Å². The van der Waals surface area contributed by atoms with Gasteiger partial charge in [0.25, 0.3) is 0 Å². The number of rotatable bonds is 5. The summed E-state index contributed by atoms with van der Waals surface area (Å²) in [6.07, 6.45) is 2.15. The highest BCUT2D eigenvalue weighted by Gasteiger charge is 2.39. The van der Waals surface area contributed by atoms with Crippen LogP contribution in [0.15, 0.2) is 12.2 Å². The minimum atomic E-state index is -0.841. The summed E-state index contributed by atoms with van der Waals surface area (Å²) >= 11 is 0. The van der Waals surface area contributed by atoms with Crippen LogP contribution in [0.25, 0.3) is 0 Å². The molecule has 0 bridgehead atoms. The molecule has 17 heavy (non-hydrogen) atoms. The van der Waals surface area contributed by atoms with Gasteiger partial charge in [-0.1, -0.05) is 18.6 Å². The number of amides is 1. The highest BCUT2D eigenvalue weighted by atomic mass is 16.4. The maximum atomic E-state index is 12.2. The molecule has 96 valence electrons. The van der Waals surface area contributed by atoms with E-state index in [1.54, 1.807) is 4.90 Å². The number of hydrogen-bond donors (Lipinski definition) is 1. The third kappa shape index (κ3) is 3.32. The summed E-state index contributed by atoms with van der Waals surface area (Å²) < 4.78 is 0. The molecule has 1 N–H and O–H groups in total. The predicted octanol–water partition coefficient (Wildman–Crippen LogP) is 1.91. The maximum absolute atomic E-state index is 12.2. The van der Waals surface area contributed by atoms with Gasteiger partial charge in [-0.25, -0.2) is 0 Å². The monoisotopic (exact) mass is 239 g/mol. The van der Waals surface area contributed by atoms with E-state index >= 15 is 0 Å². The van der Waals surface area contributed by atoms with Crippen LogP contribution in [0.4, 0.5) is 0 Å². The SMILES string of the molecule is C=C(C)CN(CC)C(=O)[C@@H]1CCC[C@@H]1C(=O)O. The third-order valence-corrected chi connectivity index (χ3v) is 3.30. The second kappa shape index (κ2) is 5.84. The molecule has 0 aliphatic heterocycles. The average molecular weight is 239 g/mol. The molecule has 4 nitrogen and oxygen atoms in total. The third-order valence-electron chi connectivity index (χ3n) is 3.30. The number of aliphatic carboxylic acids is 1. The number of nitrogens with zero attached hydrogens (tertiary/aromatic N) is 1. The minimum absolute atomic E-state index is 0.0274. The van der Waals surface area contributed by atoms with E-state index in [-0.39, 0.29) is 11.8 Å². The van der Waals surface area contributed by atoms with E-state index in [9.17, 15) is 9.59 Å². The summed E-state index contributed by atoms with van der Waals surface area (Å²) in [5.74, 6) is -1.71. The zero-order valence-corrected chi connectivity index (χ0v) is 10.6. The zero-order valence-electron chi connectivity index (χ0n) is 10.6. The smallest absolute Gasteiger partial charge is 0.307 e. The Hall–Kier alpha value is -1.32. The Balaban J connectivity index is 2.73. The van der Waals surface area contributed by atoms with E-state index in [2.05, 4.69) is 6.58 Å². The van der Waals surface area contributed by atoms with E-state index in [0.717, 1.165) is 12.0 Å². The lowest BCUT2D eigenvalue weighted by Gasteiger charge is -2.26. The summed E-state index contributed by atoms with van der Waals surface area (Å²) in [4.78, 5) is 25.0. The molecule has 0 radical (unpaired) electrons. The van der Waals surface area contributed by atoms with Gasteiger partial charge in [0.2, 0.25) is 5.91 Å². The molecule has 0 saturated heterocycles. The Bertz CT molecular complexity index is 325. The van der Waals surface area contributed by atoms with Gasteiger partial charge in [-0.05, 0) is 26.7 Å². The van der Waals surface area contributed by atoms with E-state index in [4.69, 9.17) is 5.11 Å². The number of carbonyl (C=O) groups is 2. The summed E-state index contributed by atoms with van der Waals surface area (Å²) in [6, 6.07) is 0.